The van der Waals surface area contributed by atoms with Gasteiger partial charge in [0, 0.05) is 19.3 Å². The molecule has 0 N–H and O–H groups in total. The summed E-state index contributed by atoms with van der Waals surface area (Å²) < 4.78 is 0. The van der Waals surface area contributed by atoms with E-state index in [0.29, 0.717) is 11.3 Å². The third kappa shape index (κ3) is 2.21. The Balaban J connectivity index is 2.96. The highest BCUT2D eigenvalue weighted by molar-refractivity contribution is 8.03. The van der Waals surface area contributed by atoms with Crippen LogP contribution in [-0.2, 0) is 4.79 Å². The zero-order valence-electron chi connectivity index (χ0n) is 7.23. The van der Waals surface area contributed by atoms with E-state index in [-0.39, 0.29) is 5.70 Å². The first-order valence-electron chi connectivity index (χ1n) is 3.84. The fraction of sp³-hybridized carbons (Fsp3) is 0.571. The monoisotopic (exact) mass is 202 g/mol. The molecule has 1 saturated heterocycles. The standard InChI is InChI=1S/C7H10N2O3S/c1-8-3-2-4-13-7(8)6(5-10)9(11)12/h5H,2-4H2,1H3. The second-order valence-corrected chi connectivity index (χ2v) is 3.77. The van der Waals surface area contributed by atoms with Gasteiger partial charge in [-0.05, 0) is 6.42 Å². The zero-order valence-corrected chi connectivity index (χ0v) is 8.04. The van der Waals surface area contributed by atoms with E-state index in [1.807, 2.05) is 0 Å². The lowest BCUT2D eigenvalue weighted by molar-refractivity contribution is -0.418. The van der Waals surface area contributed by atoms with Crippen LogP contribution in [0.15, 0.2) is 10.7 Å². The molecule has 6 heteroatoms. The van der Waals surface area contributed by atoms with Gasteiger partial charge in [-0.25, -0.2) is 0 Å². The molecule has 0 aliphatic carbocycles. The van der Waals surface area contributed by atoms with Gasteiger partial charge in [0.05, 0.1) is 4.92 Å². The maximum absolute atomic E-state index is 10.5. The minimum absolute atomic E-state index is 0.310. The molecule has 0 unspecified atom stereocenters. The molecule has 72 valence electrons. The summed E-state index contributed by atoms with van der Waals surface area (Å²) in [6.45, 7) is 0.771. The van der Waals surface area contributed by atoms with Crippen LogP contribution in [0.25, 0.3) is 0 Å². The normalized spacial score (nSPS) is 21.2. The van der Waals surface area contributed by atoms with Crippen LogP contribution >= 0.6 is 11.8 Å². The van der Waals surface area contributed by atoms with Crippen LogP contribution in [0.5, 0.6) is 0 Å². The van der Waals surface area contributed by atoms with Crippen LogP contribution in [0, 0.1) is 10.1 Å². The van der Waals surface area contributed by atoms with Gasteiger partial charge in [-0.15, -0.1) is 11.8 Å². The van der Waals surface area contributed by atoms with Crippen LogP contribution in [0.2, 0.25) is 0 Å². The Morgan fingerprint density at radius 3 is 2.92 bits per heavy atom. The molecule has 0 amide bonds. The first kappa shape index (κ1) is 10.0. The van der Waals surface area contributed by atoms with Crippen LogP contribution < -0.4 is 0 Å². The fourth-order valence-electron chi connectivity index (χ4n) is 1.12. The van der Waals surface area contributed by atoms with E-state index < -0.39 is 4.92 Å². The maximum Gasteiger partial charge on any atom is 0.338 e. The Morgan fingerprint density at radius 2 is 2.46 bits per heavy atom. The summed E-state index contributed by atoms with van der Waals surface area (Å²) in [5, 5.41) is 10.9. The minimum atomic E-state index is -0.628. The molecule has 0 radical (unpaired) electrons. The van der Waals surface area contributed by atoms with Crippen molar-refractivity contribution in [2.24, 2.45) is 0 Å². The lowest BCUT2D eigenvalue weighted by Crippen LogP contribution is -2.25. The maximum atomic E-state index is 10.5. The summed E-state index contributed by atoms with van der Waals surface area (Å²) in [5.41, 5.74) is -0.327. The molecule has 0 bridgehead atoms. The molecule has 0 aromatic rings. The number of nitro groups is 1. The molecule has 13 heavy (non-hydrogen) atoms. The van der Waals surface area contributed by atoms with Gasteiger partial charge in [0.1, 0.15) is 0 Å². The van der Waals surface area contributed by atoms with E-state index in [2.05, 4.69) is 0 Å². The van der Waals surface area contributed by atoms with E-state index in [1.54, 1.807) is 11.9 Å². The number of carbonyl (C=O) groups is 1. The number of hydrogen-bond donors (Lipinski definition) is 0. The Morgan fingerprint density at radius 1 is 1.77 bits per heavy atom. The third-order valence-electron chi connectivity index (χ3n) is 1.75. The van der Waals surface area contributed by atoms with Crippen molar-refractivity contribution in [2.75, 3.05) is 19.3 Å². The Labute approximate surface area is 79.9 Å². The second-order valence-electron chi connectivity index (χ2n) is 2.69. The topological polar surface area (TPSA) is 63.5 Å². The molecule has 0 atom stereocenters. The number of thioether (sulfide) groups is 1. The second kappa shape index (κ2) is 4.27. The van der Waals surface area contributed by atoms with E-state index in [0.717, 1.165) is 18.7 Å². The van der Waals surface area contributed by atoms with Crippen molar-refractivity contribution in [3.63, 3.8) is 0 Å². The molecular weight excluding hydrogens is 192 g/mol. The van der Waals surface area contributed by atoms with Crippen LogP contribution in [0.3, 0.4) is 0 Å². The van der Waals surface area contributed by atoms with Crippen molar-refractivity contribution in [3.8, 4) is 0 Å². The number of allylic oxidation sites excluding steroid dienone is 1. The van der Waals surface area contributed by atoms with Gasteiger partial charge in [0.2, 0.25) is 6.29 Å². The molecule has 1 fully saturated rings. The molecule has 0 aromatic heterocycles. The lowest BCUT2D eigenvalue weighted by atomic mass is 10.4. The van der Waals surface area contributed by atoms with Crippen molar-refractivity contribution in [3.05, 3.63) is 20.8 Å². The van der Waals surface area contributed by atoms with E-state index >= 15 is 0 Å². The average molecular weight is 202 g/mol. The first-order valence-corrected chi connectivity index (χ1v) is 4.83. The summed E-state index contributed by atoms with van der Waals surface area (Å²) >= 11 is 1.36. The molecule has 1 aliphatic heterocycles. The highest BCUT2D eigenvalue weighted by Crippen LogP contribution is 2.27. The summed E-state index contributed by atoms with van der Waals surface area (Å²) in [5.74, 6) is 0.838. The molecule has 5 nitrogen and oxygen atoms in total. The molecule has 0 spiro atoms. The summed E-state index contributed by atoms with van der Waals surface area (Å²) in [6.07, 6.45) is 1.30. The van der Waals surface area contributed by atoms with E-state index in [4.69, 9.17) is 0 Å². The zero-order chi connectivity index (χ0) is 9.84. The largest absolute Gasteiger partial charge is 0.364 e. The van der Waals surface area contributed by atoms with E-state index in [1.165, 1.54) is 11.8 Å². The van der Waals surface area contributed by atoms with Crippen LogP contribution in [0.4, 0.5) is 0 Å². The Hall–Kier alpha value is -1.04. The van der Waals surface area contributed by atoms with Gasteiger partial charge in [-0.1, -0.05) is 0 Å². The predicted octanol–water partition coefficient (Wildman–Crippen LogP) is 0.700. The molecule has 1 aliphatic rings. The molecule has 0 aromatic carbocycles. The third-order valence-corrected chi connectivity index (χ3v) is 3.04. The predicted molar refractivity (Wildman–Crippen MR) is 49.8 cm³/mol. The molecule has 1 rings (SSSR count). The number of hydrogen-bond acceptors (Lipinski definition) is 5. The quantitative estimate of drug-likeness (QED) is 0.285. The van der Waals surface area contributed by atoms with Crippen LogP contribution in [0.1, 0.15) is 6.42 Å². The first-order chi connectivity index (χ1) is 6.16. The lowest BCUT2D eigenvalue weighted by Gasteiger charge is -2.25. The van der Waals surface area contributed by atoms with Gasteiger partial charge < -0.3 is 4.90 Å². The Kier molecular flexibility index (Phi) is 3.30. The van der Waals surface area contributed by atoms with Gasteiger partial charge >= 0.3 is 5.70 Å². The molecule has 0 saturated carbocycles. The number of aldehydes is 1. The fourth-order valence-corrected chi connectivity index (χ4v) is 2.17. The van der Waals surface area contributed by atoms with Gasteiger partial charge in [0.25, 0.3) is 0 Å². The highest BCUT2D eigenvalue weighted by Gasteiger charge is 2.23. The summed E-state index contributed by atoms with van der Waals surface area (Å²) in [7, 11) is 1.76. The highest BCUT2D eigenvalue weighted by atomic mass is 32.2. The number of nitrogens with zero attached hydrogens (tertiary/aromatic N) is 2. The van der Waals surface area contributed by atoms with Crippen molar-refractivity contribution in [1.29, 1.82) is 0 Å². The minimum Gasteiger partial charge on any atom is -0.364 e. The smallest absolute Gasteiger partial charge is 0.338 e. The van der Waals surface area contributed by atoms with Crippen molar-refractivity contribution in [2.45, 2.75) is 6.42 Å². The Bertz CT molecular complexity index is 264. The van der Waals surface area contributed by atoms with Crippen molar-refractivity contribution in [1.82, 2.24) is 4.90 Å². The number of rotatable bonds is 2. The average Bonchev–Trinajstić information content (AvgIpc) is 2.09. The van der Waals surface area contributed by atoms with Gasteiger partial charge in [-0.2, -0.15) is 0 Å². The molecular formula is C7H10N2O3S. The van der Waals surface area contributed by atoms with Gasteiger partial charge in [0.15, 0.2) is 5.03 Å². The summed E-state index contributed by atoms with van der Waals surface area (Å²) in [4.78, 5) is 22.0. The van der Waals surface area contributed by atoms with Gasteiger partial charge in [-0.3, -0.25) is 14.9 Å². The summed E-state index contributed by atoms with van der Waals surface area (Å²) in [6, 6.07) is 0. The SMILES string of the molecule is CN1CCCSC1=C(C=O)[N+](=O)[O-]. The van der Waals surface area contributed by atoms with Crippen molar-refractivity contribution < 1.29 is 9.72 Å². The van der Waals surface area contributed by atoms with E-state index in [9.17, 15) is 14.9 Å². The van der Waals surface area contributed by atoms with Crippen molar-refractivity contribution >= 4 is 18.0 Å². The van der Waals surface area contributed by atoms with Crippen LogP contribution in [-0.4, -0.2) is 35.5 Å². The number of carbonyl (C=O) groups excluding carboxylic acids is 1. The molecule has 1 heterocycles.